The summed E-state index contributed by atoms with van der Waals surface area (Å²) in [6, 6.07) is 12.6. The van der Waals surface area contributed by atoms with E-state index in [1.54, 1.807) is 23.1 Å². The monoisotopic (exact) mass is 431 g/mol. The van der Waals surface area contributed by atoms with Crippen LogP contribution in [0.25, 0.3) is 6.08 Å². The number of nitrogens with one attached hydrogen (secondary N) is 1. The first-order valence-corrected chi connectivity index (χ1v) is 10.7. The molecular formula is C21H22ClN3OS2. The Bertz CT molecular complexity index is 936. The van der Waals surface area contributed by atoms with Gasteiger partial charge >= 0.3 is 0 Å². The average molecular weight is 432 g/mol. The van der Waals surface area contributed by atoms with Gasteiger partial charge in [-0.3, -0.25) is 0 Å². The number of halogens is 1. The zero-order valence-corrected chi connectivity index (χ0v) is 18.0. The predicted octanol–water partition coefficient (Wildman–Crippen LogP) is 6.36. The van der Waals surface area contributed by atoms with Crippen LogP contribution in [-0.4, -0.2) is 23.2 Å². The molecule has 0 saturated carbocycles. The molecule has 1 saturated heterocycles. The molecule has 0 amide bonds. The summed E-state index contributed by atoms with van der Waals surface area (Å²) in [7, 11) is 0. The largest absolute Gasteiger partial charge is 0.381 e. The molecule has 0 aliphatic carbocycles. The van der Waals surface area contributed by atoms with Crippen molar-refractivity contribution in [2.24, 2.45) is 0 Å². The smallest absolute Gasteiger partial charge is 0.188 e. The van der Waals surface area contributed by atoms with Crippen LogP contribution in [0.1, 0.15) is 24.1 Å². The van der Waals surface area contributed by atoms with Crippen molar-refractivity contribution >= 4 is 52.5 Å². The lowest BCUT2D eigenvalue weighted by Gasteiger charge is -2.15. The number of aromatic nitrogens is 2. The molecule has 0 radical (unpaired) electrons. The summed E-state index contributed by atoms with van der Waals surface area (Å²) in [6.07, 6.45) is 6.18. The van der Waals surface area contributed by atoms with E-state index in [2.05, 4.69) is 46.7 Å². The number of hydrogen-bond acceptors (Lipinski definition) is 6. The van der Waals surface area contributed by atoms with Crippen LogP contribution in [0, 0.1) is 6.92 Å². The van der Waals surface area contributed by atoms with Gasteiger partial charge in [0.2, 0.25) is 0 Å². The number of benzene rings is 1. The molecule has 1 fully saturated rings. The number of rotatable bonds is 5. The highest BCUT2D eigenvalue weighted by Crippen LogP contribution is 2.35. The number of thiazole rings is 1. The lowest BCUT2D eigenvalue weighted by atomic mass is 10.1. The number of nitrogens with zero attached hydrogens (tertiary/aromatic N) is 2. The average Bonchev–Trinajstić information content (AvgIpc) is 3.10. The zero-order valence-electron chi connectivity index (χ0n) is 15.6. The lowest BCUT2D eigenvalue weighted by molar-refractivity contribution is 0.119. The fourth-order valence-electron chi connectivity index (χ4n) is 2.85. The van der Waals surface area contributed by atoms with Crippen molar-refractivity contribution in [3.63, 3.8) is 0 Å². The van der Waals surface area contributed by atoms with E-state index in [1.807, 2.05) is 24.6 Å². The zero-order chi connectivity index (χ0) is 18.5. The highest BCUT2D eigenvalue weighted by Gasteiger charge is 2.11. The Morgan fingerprint density at radius 1 is 1.18 bits per heavy atom. The number of pyridine rings is 1. The summed E-state index contributed by atoms with van der Waals surface area (Å²) >= 11 is 3.31. The fraction of sp³-hybridized carbons (Fsp3) is 0.238. The van der Waals surface area contributed by atoms with Gasteiger partial charge in [-0.15, -0.1) is 23.7 Å². The van der Waals surface area contributed by atoms with Gasteiger partial charge in [0.25, 0.3) is 0 Å². The van der Waals surface area contributed by atoms with Crippen molar-refractivity contribution in [2.45, 2.75) is 29.6 Å². The molecule has 3 heterocycles. The molecule has 3 aromatic rings. The Labute approximate surface area is 179 Å². The summed E-state index contributed by atoms with van der Waals surface area (Å²) in [6.45, 7) is 3.62. The summed E-state index contributed by atoms with van der Waals surface area (Å²) in [5.41, 5.74) is 3.57. The number of hydrogen-bond donors (Lipinski definition) is 1. The predicted molar refractivity (Wildman–Crippen MR) is 120 cm³/mol. The van der Waals surface area contributed by atoms with E-state index in [9.17, 15) is 0 Å². The molecule has 1 aromatic carbocycles. The van der Waals surface area contributed by atoms with Crippen LogP contribution < -0.4 is 5.32 Å². The highest BCUT2D eigenvalue weighted by atomic mass is 35.5. The van der Waals surface area contributed by atoms with E-state index >= 15 is 0 Å². The Kier molecular flexibility index (Phi) is 7.50. The third-order valence-electron chi connectivity index (χ3n) is 4.20. The van der Waals surface area contributed by atoms with E-state index in [-0.39, 0.29) is 12.4 Å². The van der Waals surface area contributed by atoms with Gasteiger partial charge in [-0.1, -0.05) is 41.6 Å². The Balaban J connectivity index is 0.00000225. The van der Waals surface area contributed by atoms with Crippen molar-refractivity contribution in [1.29, 1.82) is 0 Å². The minimum absolute atomic E-state index is 0. The molecule has 1 N–H and O–H groups in total. The molecule has 7 heteroatoms. The van der Waals surface area contributed by atoms with Gasteiger partial charge in [0.05, 0.1) is 23.8 Å². The third kappa shape index (κ3) is 5.58. The van der Waals surface area contributed by atoms with Crippen molar-refractivity contribution in [3.8, 4) is 0 Å². The summed E-state index contributed by atoms with van der Waals surface area (Å²) in [5, 5.41) is 6.28. The molecule has 4 nitrogen and oxygen atoms in total. The van der Waals surface area contributed by atoms with Crippen LogP contribution in [0.2, 0.25) is 0 Å². The molecule has 1 aliphatic heterocycles. The maximum absolute atomic E-state index is 5.45. The molecule has 146 valence electrons. The molecule has 4 rings (SSSR count). The molecule has 28 heavy (non-hydrogen) atoms. The van der Waals surface area contributed by atoms with Crippen molar-refractivity contribution < 1.29 is 4.74 Å². The van der Waals surface area contributed by atoms with Gasteiger partial charge < -0.3 is 10.1 Å². The van der Waals surface area contributed by atoms with E-state index < -0.39 is 0 Å². The van der Waals surface area contributed by atoms with E-state index in [4.69, 9.17) is 9.72 Å². The van der Waals surface area contributed by atoms with Crippen LogP contribution in [0.5, 0.6) is 0 Å². The Morgan fingerprint density at radius 3 is 2.68 bits per heavy atom. The van der Waals surface area contributed by atoms with Crippen LogP contribution in [0.4, 0.5) is 10.9 Å². The molecule has 0 bridgehead atoms. The maximum atomic E-state index is 5.45. The van der Waals surface area contributed by atoms with Crippen molar-refractivity contribution in [2.75, 3.05) is 18.5 Å². The minimum Gasteiger partial charge on any atom is -0.381 e. The van der Waals surface area contributed by atoms with E-state index in [1.165, 1.54) is 10.5 Å². The molecule has 0 spiro atoms. The molecular weight excluding hydrogens is 410 g/mol. The van der Waals surface area contributed by atoms with Crippen LogP contribution in [-0.2, 0) is 4.74 Å². The van der Waals surface area contributed by atoms with E-state index in [0.29, 0.717) is 0 Å². The SMILES string of the molecule is Cc1csc(Nc2ncc(C=C3CCOCC3)cc2Sc2ccccc2)n1.Cl. The fourth-order valence-corrected chi connectivity index (χ4v) is 4.48. The van der Waals surface area contributed by atoms with Gasteiger partial charge in [-0.05, 0) is 43.5 Å². The van der Waals surface area contributed by atoms with Gasteiger partial charge in [-0.25, -0.2) is 9.97 Å². The van der Waals surface area contributed by atoms with Crippen molar-refractivity contribution in [3.05, 3.63) is 64.8 Å². The second kappa shape index (κ2) is 10.1. The third-order valence-corrected chi connectivity index (χ3v) is 6.11. The van der Waals surface area contributed by atoms with E-state index in [0.717, 1.165) is 53.2 Å². The topological polar surface area (TPSA) is 47.0 Å². The first-order valence-electron chi connectivity index (χ1n) is 8.95. The van der Waals surface area contributed by atoms with Gasteiger partial charge in [0.1, 0.15) is 5.82 Å². The summed E-state index contributed by atoms with van der Waals surface area (Å²) in [5.74, 6) is 0.840. The van der Waals surface area contributed by atoms with Crippen LogP contribution >= 0.6 is 35.5 Å². The minimum atomic E-state index is 0. The van der Waals surface area contributed by atoms with Gasteiger partial charge in [0, 0.05) is 16.5 Å². The summed E-state index contributed by atoms with van der Waals surface area (Å²) < 4.78 is 5.45. The van der Waals surface area contributed by atoms with Gasteiger partial charge in [0.15, 0.2) is 5.13 Å². The Hall–Kier alpha value is -1.86. The Morgan fingerprint density at radius 2 is 1.96 bits per heavy atom. The standard InChI is InChI=1S/C21H21N3OS2.ClH/c1-15-14-26-21(23-15)24-20-19(27-18-5-3-2-4-6-18)12-17(13-22-20)11-16-7-9-25-10-8-16;/h2-6,11-14H,7-10H2,1H3,(H,22,23,24);1H. The number of aryl methyl sites for hydroxylation is 1. The van der Waals surface area contributed by atoms with Crippen LogP contribution in [0.3, 0.4) is 0 Å². The first-order chi connectivity index (χ1) is 13.3. The second-order valence-electron chi connectivity index (χ2n) is 6.36. The maximum Gasteiger partial charge on any atom is 0.188 e. The molecule has 0 atom stereocenters. The molecule has 1 aliphatic rings. The highest BCUT2D eigenvalue weighted by molar-refractivity contribution is 7.99. The number of anilines is 2. The lowest BCUT2D eigenvalue weighted by Crippen LogP contribution is -2.07. The normalized spacial score (nSPS) is 13.7. The number of ether oxygens (including phenoxy) is 1. The molecule has 0 unspecified atom stereocenters. The second-order valence-corrected chi connectivity index (χ2v) is 8.34. The van der Waals surface area contributed by atoms with Crippen molar-refractivity contribution in [1.82, 2.24) is 9.97 Å². The van der Waals surface area contributed by atoms with Gasteiger partial charge in [-0.2, -0.15) is 0 Å². The van der Waals surface area contributed by atoms with Crippen LogP contribution in [0.15, 0.2) is 63.3 Å². The summed E-state index contributed by atoms with van der Waals surface area (Å²) in [4.78, 5) is 11.5. The first kappa shape index (κ1) is 20.9. The quantitative estimate of drug-likeness (QED) is 0.509. The molecule has 2 aromatic heterocycles.